The summed E-state index contributed by atoms with van der Waals surface area (Å²) in [5.41, 5.74) is 0.850. The van der Waals surface area contributed by atoms with Crippen molar-refractivity contribution in [3.63, 3.8) is 0 Å². The van der Waals surface area contributed by atoms with Gasteiger partial charge in [-0.1, -0.05) is 0 Å². The van der Waals surface area contributed by atoms with Crippen LogP contribution in [0.5, 0.6) is 0 Å². The molecule has 2 aliphatic heterocycles. The second-order valence-corrected chi connectivity index (χ2v) is 9.19. The van der Waals surface area contributed by atoms with Gasteiger partial charge in [-0.05, 0) is 32.4 Å². The molecule has 0 aromatic carbocycles. The first-order valence-electron chi connectivity index (χ1n) is 9.04. The van der Waals surface area contributed by atoms with Gasteiger partial charge in [0.25, 0.3) is 0 Å². The van der Waals surface area contributed by atoms with Gasteiger partial charge in [0.1, 0.15) is 22.4 Å². The van der Waals surface area contributed by atoms with Crippen LogP contribution in [0.3, 0.4) is 0 Å². The topological polar surface area (TPSA) is 88.8 Å². The van der Waals surface area contributed by atoms with Gasteiger partial charge in [-0.25, -0.2) is 4.79 Å². The summed E-state index contributed by atoms with van der Waals surface area (Å²) < 4.78 is 10.6. The Morgan fingerprint density at radius 3 is 3.00 bits per heavy atom. The number of carbonyl (C=O) groups is 3. The number of nitrogens with one attached hydrogen (secondary N) is 1. The molecule has 0 bridgehead atoms. The van der Waals surface area contributed by atoms with Crippen LogP contribution >= 0.6 is 23.1 Å². The summed E-state index contributed by atoms with van der Waals surface area (Å²) in [6.07, 6.45) is 2.73. The standard InChI is InChI=1S/C19H20N2O5S2/c1-3-25-18(24)15-11(13-5-4-8-26-13)9-27-17(15)20-16(23)12-10-28-19(2)7-6-14(22)21(12)19/h4-5,8-9,12H,3,6-7,10H2,1-2H3,(H,20,23). The van der Waals surface area contributed by atoms with Crippen molar-refractivity contribution < 1.29 is 23.5 Å². The molecule has 148 valence electrons. The van der Waals surface area contributed by atoms with Crippen molar-refractivity contribution in [2.75, 3.05) is 17.7 Å². The molecular formula is C19H20N2O5S2. The van der Waals surface area contributed by atoms with Gasteiger partial charge in [-0.2, -0.15) is 0 Å². The molecule has 2 saturated heterocycles. The molecule has 2 aliphatic rings. The SMILES string of the molecule is CCOC(=O)c1c(-c2ccco2)csc1NC(=O)C1CSC2(C)CCC(=O)N12. The monoisotopic (exact) mass is 420 g/mol. The van der Waals surface area contributed by atoms with Gasteiger partial charge in [0.15, 0.2) is 0 Å². The smallest absolute Gasteiger partial charge is 0.341 e. The molecule has 2 aromatic rings. The van der Waals surface area contributed by atoms with E-state index in [1.54, 1.807) is 41.1 Å². The first kappa shape index (κ1) is 19.1. The lowest BCUT2D eigenvalue weighted by Crippen LogP contribution is -2.48. The number of hydrogen-bond donors (Lipinski definition) is 1. The number of carbonyl (C=O) groups excluding carboxylic acids is 3. The minimum Gasteiger partial charge on any atom is -0.464 e. The van der Waals surface area contributed by atoms with Crippen LogP contribution in [0, 0.1) is 0 Å². The van der Waals surface area contributed by atoms with E-state index in [2.05, 4.69) is 5.32 Å². The van der Waals surface area contributed by atoms with E-state index in [0.717, 1.165) is 6.42 Å². The number of esters is 1. The Morgan fingerprint density at radius 2 is 2.29 bits per heavy atom. The van der Waals surface area contributed by atoms with Crippen LogP contribution < -0.4 is 5.32 Å². The average molecular weight is 421 g/mol. The van der Waals surface area contributed by atoms with Gasteiger partial charge >= 0.3 is 5.97 Å². The summed E-state index contributed by atoms with van der Waals surface area (Å²) in [7, 11) is 0. The maximum absolute atomic E-state index is 13.0. The molecule has 2 unspecified atom stereocenters. The van der Waals surface area contributed by atoms with E-state index in [1.165, 1.54) is 17.6 Å². The number of anilines is 1. The van der Waals surface area contributed by atoms with E-state index < -0.39 is 12.0 Å². The molecule has 0 saturated carbocycles. The Kier molecular flexibility index (Phi) is 4.96. The molecule has 4 heterocycles. The van der Waals surface area contributed by atoms with Gasteiger partial charge in [0, 0.05) is 23.1 Å². The Morgan fingerprint density at radius 1 is 1.46 bits per heavy atom. The molecule has 9 heteroatoms. The lowest BCUT2D eigenvalue weighted by atomic mass is 10.1. The summed E-state index contributed by atoms with van der Waals surface area (Å²) in [5.74, 6) is 0.261. The Balaban J connectivity index is 1.62. The zero-order valence-corrected chi connectivity index (χ0v) is 17.2. The number of rotatable bonds is 5. The highest BCUT2D eigenvalue weighted by molar-refractivity contribution is 8.01. The summed E-state index contributed by atoms with van der Waals surface area (Å²) in [6.45, 7) is 3.95. The first-order chi connectivity index (χ1) is 13.4. The van der Waals surface area contributed by atoms with Crippen LogP contribution in [0.25, 0.3) is 11.3 Å². The quantitative estimate of drug-likeness (QED) is 0.744. The highest BCUT2D eigenvalue weighted by Gasteiger charge is 2.53. The molecule has 7 nitrogen and oxygen atoms in total. The predicted octanol–water partition coefficient (Wildman–Crippen LogP) is 3.58. The van der Waals surface area contributed by atoms with Crippen molar-refractivity contribution in [2.24, 2.45) is 0 Å². The van der Waals surface area contributed by atoms with Crippen molar-refractivity contribution in [2.45, 2.75) is 37.6 Å². The highest BCUT2D eigenvalue weighted by atomic mass is 32.2. The maximum atomic E-state index is 13.0. The van der Waals surface area contributed by atoms with Gasteiger partial charge in [0.05, 0.1) is 17.7 Å². The molecule has 0 radical (unpaired) electrons. The predicted molar refractivity (Wildman–Crippen MR) is 107 cm³/mol. The minimum atomic E-state index is -0.547. The number of thioether (sulfide) groups is 1. The van der Waals surface area contributed by atoms with E-state index in [1.807, 2.05) is 6.92 Å². The summed E-state index contributed by atoms with van der Waals surface area (Å²) >= 11 is 2.87. The lowest BCUT2D eigenvalue weighted by Gasteiger charge is -2.29. The molecule has 0 spiro atoms. The third-order valence-corrected chi connectivity index (χ3v) is 7.44. The van der Waals surface area contributed by atoms with Crippen LogP contribution in [0.15, 0.2) is 28.2 Å². The van der Waals surface area contributed by atoms with Crippen molar-refractivity contribution >= 4 is 45.9 Å². The second kappa shape index (κ2) is 7.29. The molecule has 2 atom stereocenters. The average Bonchev–Trinajstić information content (AvgIpc) is 3.41. The third-order valence-electron chi connectivity index (χ3n) is 5.04. The Bertz CT molecular complexity index is 923. The molecule has 2 amide bonds. The fourth-order valence-corrected chi connectivity index (χ4v) is 6.05. The third kappa shape index (κ3) is 3.12. The zero-order chi connectivity index (χ0) is 19.9. The fourth-order valence-electron chi connectivity index (χ4n) is 3.68. The highest BCUT2D eigenvalue weighted by Crippen LogP contribution is 2.47. The van der Waals surface area contributed by atoms with Crippen molar-refractivity contribution in [3.8, 4) is 11.3 Å². The van der Waals surface area contributed by atoms with E-state index in [4.69, 9.17) is 9.15 Å². The van der Waals surface area contributed by atoms with Crippen LogP contribution in [0.4, 0.5) is 5.00 Å². The van der Waals surface area contributed by atoms with Crippen molar-refractivity contribution in [1.29, 1.82) is 0 Å². The molecule has 2 aromatic heterocycles. The van der Waals surface area contributed by atoms with Crippen LogP contribution in [0.2, 0.25) is 0 Å². The summed E-state index contributed by atoms with van der Waals surface area (Å²) in [5, 5.41) is 5.02. The number of furan rings is 1. The van der Waals surface area contributed by atoms with Gasteiger partial charge in [0.2, 0.25) is 11.8 Å². The maximum Gasteiger partial charge on any atom is 0.341 e. The molecule has 4 rings (SSSR count). The molecule has 2 fully saturated rings. The van der Waals surface area contributed by atoms with Crippen molar-refractivity contribution in [3.05, 3.63) is 29.3 Å². The number of hydrogen-bond acceptors (Lipinski definition) is 7. The number of fused-ring (bicyclic) bond motifs is 1. The van der Waals surface area contributed by atoms with Gasteiger partial charge in [-0.3, -0.25) is 9.59 Å². The van der Waals surface area contributed by atoms with Crippen LogP contribution in [-0.4, -0.2) is 46.0 Å². The minimum absolute atomic E-state index is 0.000667. The van der Waals surface area contributed by atoms with Gasteiger partial charge < -0.3 is 19.4 Å². The van der Waals surface area contributed by atoms with Gasteiger partial charge in [-0.15, -0.1) is 23.1 Å². The molecular weight excluding hydrogens is 400 g/mol. The molecule has 28 heavy (non-hydrogen) atoms. The summed E-state index contributed by atoms with van der Waals surface area (Å²) in [4.78, 5) is 39.2. The second-order valence-electron chi connectivity index (χ2n) is 6.81. The molecule has 0 aliphatic carbocycles. The number of ether oxygens (including phenoxy) is 1. The van der Waals surface area contributed by atoms with E-state index in [0.29, 0.717) is 28.5 Å². The number of nitrogens with zero attached hydrogens (tertiary/aromatic N) is 1. The number of amides is 2. The van der Waals surface area contributed by atoms with Crippen LogP contribution in [-0.2, 0) is 14.3 Å². The Labute approximate surface area is 170 Å². The van der Waals surface area contributed by atoms with Crippen molar-refractivity contribution in [1.82, 2.24) is 4.90 Å². The molecule has 1 N–H and O–H groups in total. The summed E-state index contributed by atoms with van der Waals surface area (Å²) in [6, 6.07) is 2.93. The van der Waals surface area contributed by atoms with Crippen LogP contribution in [0.1, 0.15) is 37.0 Å². The fraction of sp³-hybridized carbons (Fsp3) is 0.421. The van der Waals surface area contributed by atoms with E-state index in [9.17, 15) is 14.4 Å². The zero-order valence-electron chi connectivity index (χ0n) is 15.5. The number of thiophene rings is 1. The van der Waals surface area contributed by atoms with E-state index >= 15 is 0 Å². The first-order valence-corrected chi connectivity index (χ1v) is 10.9. The normalized spacial score (nSPS) is 23.7. The Hall–Kier alpha value is -2.26. The lowest BCUT2D eigenvalue weighted by molar-refractivity contribution is -0.135. The van der Waals surface area contributed by atoms with E-state index in [-0.39, 0.29) is 28.9 Å². The largest absolute Gasteiger partial charge is 0.464 e.